The third kappa shape index (κ3) is 4.80. The van der Waals surface area contributed by atoms with Crippen LogP contribution in [-0.2, 0) is 6.54 Å². The largest absolute Gasteiger partial charge is 0.313 e. The molecule has 0 aliphatic carbocycles. The van der Waals surface area contributed by atoms with Gasteiger partial charge in [0, 0.05) is 25.7 Å². The van der Waals surface area contributed by atoms with E-state index in [9.17, 15) is 0 Å². The number of nitrogens with one attached hydrogen (secondary N) is 1. The van der Waals surface area contributed by atoms with Gasteiger partial charge in [-0.05, 0) is 57.4 Å². The van der Waals surface area contributed by atoms with Gasteiger partial charge >= 0.3 is 0 Å². The molecule has 1 N–H and O–H groups in total. The zero-order chi connectivity index (χ0) is 14.3. The summed E-state index contributed by atoms with van der Waals surface area (Å²) in [6.45, 7) is 8.67. The van der Waals surface area contributed by atoms with Gasteiger partial charge in [-0.3, -0.25) is 4.90 Å². The molecule has 1 aromatic carbocycles. The highest BCUT2D eigenvalue weighted by Gasteiger charge is 2.21. The molecule has 2 aliphatic heterocycles. The molecule has 0 saturated carbocycles. The van der Waals surface area contributed by atoms with E-state index in [2.05, 4.69) is 45.4 Å². The van der Waals surface area contributed by atoms with Crippen molar-refractivity contribution in [1.82, 2.24) is 15.1 Å². The van der Waals surface area contributed by atoms with Gasteiger partial charge in [0.1, 0.15) is 0 Å². The third-order valence-corrected chi connectivity index (χ3v) is 4.80. The second-order valence-electron chi connectivity index (χ2n) is 6.56. The minimum atomic E-state index is 0.701. The van der Waals surface area contributed by atoms with Crippen LogP contribution in [-0.4, -0.2) is 55.1 Å². The Labute approximate surface area is 129 Å². The van der Waals surface area contributed by atoms with Crippen LogP contribution in [0.15, 0.2) is 30.3 Å². The van der Waals surface area contributed by atoms with Crippen LogP contribution in [0.4, 0.5) is 0 Å². The maximum Gasteiger partial charge on any atom is 0.0234 e. The molecule has 2 saturated heterocycles. The van der Waals surface area contributed by atoms with Crippen molar-refractivity contribution >= 4 is 0 Å². The molecular weight excluding hydrogens is 258 g/mol. The van der Waals surface area contributed by atoms with Crippen LogP contribution in [0, 0.1) is 0 Å². The van der Waals surface area contributed by atoms with Gasteiger partial charge in [0.25, 0.3) is 0 Å². The number of likely N-dealkylation sites (tertiary alicyclic amines) is 2. The molecule has 21 heavy (non-hydrogen) atoms. The molecule has 2 heterocycles. The monoisotopic (exact) mass is 287 g/mol. The highest BCUT2D eigenvalue weighted by atomic mass is 15.2. The van der Waals surface area contributed by atoms with Gasteiger partial charge in [0.15, 0.2) is 0 Å². The van der Waals surface area contributed by atoms with Gasteiger partial charge in [-0.15, -0.1) is 0 Å². The van der Waals surface area contributed by atoms with Gasteiger partial charge in [-0.25, -0.2) is 0 Å². The number of benzene rings is 1. The van der Waals surface area contributed by atoms with E-state index in [0.717, 1.165) is 6.54 Å². The van der Waals surface area contributed by atoms with Gasteiger partial charge in [-0.1, -0.05) is 30.3 Å². The fourth-order valence-corrected chi connectivity index (χ4v) is 3.60. The Balaban J connectivity index is 1.29. The van der Waals surface area contributed by atoms with E-state index in [-0.39, 0.29) is 0 Å². The Bertz CT molecular complexity index is 400. The molecule has 3 heteroatoms. The highest BCUT2D eigenvalue weighted by Crippen LogP contribution is 2.13. The van der Waals surface area contributed by atoms with E-state index in [1.165, 1.54) is 70.5 Å². The minimum absolute atomic E-state index is 0.701. The molecule has 0 spiro atoms. The van der Waals surface area contributed by atoms with E-state index in [1.54, 1.807) is 0 Å². The molecule has 0 amide bonds. The summed E-state index contributed by atoms with van der Waals surface area (Å²) in [4.78, 5) is 5.19. The molecule has 0 radical (unpaired) electrons. The SMILES string of the molecule is c1ccc(CN2CCC(NCCCN3CCCC3)C2)cc1. The van der Waals surface area contributed by atoms with Crippen LogP contribution in [0.2, 0.25) is 0 Å². The van der Waals surface area contributed by atoms with Crippen molar-refractivity contribution in [1.29, 1.82) is 0 Å². The zero-order valence-electron chi connectivity index (χ0n) is 13.1. The topological polar surface area (TPSA) is 18.5 Å². The molecule has 3 rings (SSSR count). The molecule has 2 fully saturated rings. The van der Waals surface area contributed by atoms with Gasteiger partial charge < -0.3 is 10.2 Å². The Kier molecular flexibility index (Phi) is 5.67. The standard InChI is InChI=1S/C18H29N3/c1-2-7-17(8-3-1)15-21-14-9-18(16-21)19-10-6-13-20-11-4-5-12-20/h1-3,7-8,18-19H,4-6,9-16H2. The Hall–Kier alpha value is -0.900. The second kappa shape index (κ2) is 7.92. The number of hydrogen-bond donors (Lipinski definition) is 1. The highest BCUT2D eigenvalue weighted by molar-refractivity contribution is 5.14. The normalized spacial score (nSPS) is 23.9. The third-order valence-electron chi connectivity index (χ3n) is 4.80. The van der Waals surface area contributed by atoms with Crippen LogP contribution in [0.25, 0.3) is 0 Å². The summed E-state index contributed by atoms with van der Waals surface area (Å²) in [7, 11) is 0. The minimum Gasteiger partial charge on any atom is -0.313 e. The fourth-order valence-electron chi connectivity index (χ4n) is 3.60. The maximum atomic E-state index is 3.75. The quantitative estimate of drug-likeness (QED) is 0.777. The lowest BCUT2D eigenvalue weighted by Gasteiger charge is -2.18. The Morgan fingerprint density at radius 2 is 1.81 bits per heavy atom. The number of nitrogens with zero attached hydrogens (tertiary/aromatic N) is 2. The first kappa shape index (κ1) is 15.0. The predicted molar refractivity (Wildman–Crippen MR) is 88.4 cm³/mol. The van der Waals surface area contributed by atoms with Crippen molar-refractivity contribution in [3.8, 4) is 0 Å². The smallest absolute Gasteiger partial charge is 0.0234 e. The van der Waals surface area contributed by atoms with Crippen molar-refractivity contribution in [3.05, 3.63) is 35.9 Å². The molecule has 1 aromatic rings. The molecule has 1 unspecified atom stereocenters. The van der Waals surface area contributed by atoms with E-state index < -0.39 is 0 Å². The van der Waals surface area contributed by atoms with Crippen molar-refractivity contribution in [3.63, 3.8) is 0 Å². The predicted octanol–water partition coefficient (Wildman–Crippen LogP) is 2.34. The van der Waals surface area contributed by atoms with Crippen molar-refractivity contribution in [2.75, 3.05) is 39.3 Å². The van der Waals surface area contributed by atoms with E-state index in [1.807, 2.05) is 0 Å². The van der Waals surface area contributed by atoms with Gasteiger partial charge in [0.05, 0.1) is 0 Å². The van der Waals surface area contributed by atoms with Crippen molar-refractivity contribution < 1.29 is 0 Å². The van der Waals surface area contributed by atoms with E-state index in [0.29, 0.717) is 6.04 Å². The van der Waals surface area contributed by atoms with Crippen molar-refractivity contribution in [2.45, 2.75) is 38.3 Å². The lowest BCUT2D eigenvalue weighted by Crippen LogP contribution is -2.34. The van der Waals surface area contributed by atoms with Crippen LogP contribution >= 0.6 is 0 Å². The van der Waals surface area contributed by atoms with Crippen LogP contribution in [0.5, 0.6) is 0 Å². The average Bonchev–Trinajstić information content (AvgIpc) is 3.17. The number of rotatable bonds is 7. The van der Waals surface area contributed by atoms with Crippen LogP contribution in [0.1, 0.15) is 31.2 Å². The Morgan fingerprint density at radius 3 is 2.62 bits per heavy atom. The summed E-state index contributed by atoms with van der Waals surface area (Å²) in [6, 6.07) is 11.5. The summed E-state index contributed by atoms with van der Waals surface area (Å²) in [5, 5.41) is 3.75. The average molecular weight is 287 g/mol. The summed E-state index contributed by atoms with van der Waals surface area (Å²) in [5.74, 6) is 0. The lowest BCUT2D eigenvalue weighted by atomic mass is 10.2. The van der Waals surface area contributed by atoms with E-state index >= 15 is 0 Å². The summed E-state index contributed by atoms with van der Waals surface area (Å²) in [6.07, 6.45) is 5.42. The number of hydrogen-bond acceptors (Lipinski definition) is 3. The summed E-state index contributed by atoms with van der Waals surface area (Å²) in [5.41, 5.74) is 1.44. The summed E-state index contributed by atoms with van der Waals surface area (Å²) >= 11 is 0. The Morgan fingerprint density at radius 1 is 1.00 bits per heavy atom. The lowest BCUT2D eigenvalue weighted by molar-refractivity contribution is 0.312. The molecule has 0 bridgehead atoms. The second-order valence-corrected chi connectivity index (χ2v) is 6.56. The first-order valence-corrected chi connectivity index (χ1v) is 8.62. The van der Waals surface area contributed by atoms with E-state index in [4.69, 9.17) is 0 Å². The first-order valence-electron chi connectivity index (χ1n) is 8.62. The first-order chi connectivity index (χ1) is 10.4. The molecule has 116 valence electrons. The molecule has 1 atom stereocenters. The molecular formula is C18H29N3. The molecule has 0 aromatic heterocycles. The summed E-state index contributed by atoms with van der Waals surface area (Å²) < 4.78 is 0. The molecule has 3 nitrogen and oxygen atoms in total. The maximum absolute atomic E-state index is 3.75. The van der Waals surface area contributed by atoms with Crippen molar-refractivity contribution in [2.24, 2.45) is 0 Å². The fraction of sp³-hybridized carbons (Fsp3) is 0.667. The zero-order valence-corrected chi connectivity index (χ0v) is 13.1. The van der Waals surface area contributed by atoms with Gasteiger partial charge in [0.2, 0.25) is 0 Å². The van der Waals surface area contributed by atoms with Gasteiger partial charge in [-0.2, -0.15) is 0 Å². The van der Waals surface area contributed by atoms with Crippen LogP contribution in [0.3, 0.4) is 0 Å². The molecule has 2 aliphatic rings. The van der Waals surface area contributed by atoms with Crippen LogP contribution < -0.4 is 5.32 Å².